The molecule has 15 heavy (non-hydrogen) atoms. The van der Waals surface area contributed by atoms with Crippen molar-refractivity contribution in [3.63, 3.8) is 0 Å². The van der Waals surface area contributed by atoms with Crippen LogP contribution in [0.25, 0.3) is 0 Å². The Kier molecular flexibility index (Phi) is 3.27. The minimum atomic E-state index is -0.146. The van der Waals surface area contributed by atoms with Gasteiger partial charge >= 0.3 is 0 Å². The molecule has 2 heteroatoms. The zero-order chi connectivity index (χ0) is 10.7. The molecular formula is C13H21NO. The van der Waals surface area contributed by atoms with E-state index < -0.39 is 0 Å². The first-order valence-electron chi connectivity index (χ1n) is 6.06. The van der Waals surface area contributed by atoms with E-state index >= 15 is 0 Å². The van der Waals surface area contributed by atoms with Gasteiger partial charge in [0.25, 0.3) is 0 Å². The van der Waals surface area contributed by atoms with E-state index in [1.165, 1.54) is 0 Å². The third-order valence-electron chi connectivity index (χ3n) is 3.73. The van der Waals surface area contributed by atoms with E-state index in [1.54, 1.807) is 0 Å². The van der Waals surface area contributed by atoms with Crippen LogP contribution in [0.1, 0.15) is 39.0 Å². The van der Waals surface area contributed by atoms with Crippen molar-refractivity contribution in [1.82, 2.24) is 5.32 Å². The molecule has 0 bridgehead atoms. The van der Waals surface area contributed by atoms with Crippen LogP contribution in [0.5, 0.6) is 0 Å². The lowest BCUT2D eigenvalue weighted by atomic mass is 9.87. The molecule has 0 saturated heterocycles. The lowest BCUT2D eigenvalue weighted by Crippen LogP contribution is -2.51. The van der Waals surface area contributed by atoms with E-state index in [4.69, 9.17) is 0 Å². The number of hydrogen-bond donors (Lipinski definition) is 2. The number of aliphatic hydroxyl groups is 1. The molecule has 1 saturated carbocycles. The molecule has 84 valence electrons. The van der Waals surface area contributed by atoms with Crippen molar-refractivity contribution in [1.29, 1.82) is 0 Å². The predicted molar refractivity (Wildman–Crippen MR) is 62.7 cm³/mol. The number of aliphatic hydroxyl groups excluding tert-OH is 1. The number of nitrogens with one attached hydrogen (secondary N) is 1. The van der Waals surface area contributed by atoms with Crippen LogP contribution < -0.4 is 5.32 Å². The summed E-state index contributed by atoms with van der Waals surface area (Å²) in [5.41, 5.74) is 0.0880. The fraction of sp³-hybridized carbons (Fsp3) is 0.692. The first kappa shape index (κ1) is 10.9. The van der Waals surface area contributed by atoms with Crippen molar-refractivity contribution in [3.05, 3.63) is 24.3 Å². The summed E-state index contributed by atoms with van der Waals surface area (Å²) in [6.07, 6.45) is 13.9. The first-order valence-corrected chi connectivity index (χ1v) is 6.06. The molecule has 0 radical (unpaired) electrons. The zero-order valence-electron chi connectivity index (χ0n) is 9.45. The molecule has 1 fully saturated rings. The van der Waals surface area contributed by atoms with Gasteiger partial charge in [0.1, 0.15) is 0 Å². The first-order chi connectivity index (χ1) is 7.26. The van der Waals surface area contributed by atoms with Crippen LogP contribution in [0.4, 0.5) is 0 Å². The van der Waals surface area contributed by atoms with Crippen LogP contribution in [-0.2, 0) is 0 Å². The maximum atomic E-state index is 9.82. The maximum Gasteiger partial charge on any atom is 0.0693 e. The quantitative estimate of drug-likeness (QED) is 0.743. The van der Waals surface area contributed by atoms with Gasteiger partial charge in [-0.3, -0.25) is 0 Å². The second-order valence-corrected chi connectivity index (χ2v) is 4.75. The van der Waals surface area contributed by atoms with E-state index in [0.717, 1.165) is 32.1 Å². The van der Waals surface area contributed by atoms with Gasteiger partial charge in [-0.1, -0.05) is 31.2 Å². The Hall–Kier alpha value is -0.600. The second-order valence-electron chi connectivity index (χ2n) is 4.75. The fourth-order valence-corrected chi connectivity index (χ4v) is 2.61. The summed E-state index contributed by atoms with van der Waals surface area (Å²) in [6, 6.07) is 0.293. The van der Waals surface area contributed by atoms with Crippen molar-refractivity contribution in [2.45, 2.75) is 56.7 Å². The molecule has 0 aromatic carbocycles. The van der Waals surface area contributed by atoms with Gasteiger partial charge < -0.3 is 10.4 Å². The molecule has 0 aromatic rings. The molecule has 0 heterocycles. The second kappa shape index (κ2) is 4.50. The third-order valence-corrected chi connectivity index (χ3v) is 3.73. The minimum Gasteiger partial charge on any atom is -0.392 e. The van der Waals surface area contributed by atoms with Crippen molar-refractivity contribution in [2.24, 2.45) is 0 Å². The summed E-state index contributed by atoms with van der Waals surface area (Å²) in [7, 11) is 0. The highest BCUT2D eigenvalue weighted by Gasteiger charge is 2.33. The van der Waals surface area contributed by atoms with Gasteiger partial charge in [0, 0.05) is 11.6 Å². The molecular weight excluding hydrogens is 186 g/mol. The molecule has 2 N–H and O–H groups in total. The maximum absolute atomic E-state index is 9.82. The average Bonchev–Trinajstić information content (AvgIpc) is 2.66. The topological polar surface area (TPSA) is 32.3 Å². The third kappa shape index (κ3) is 2.32. The summed E-state index contributed by atoms with van der Waals surface area (Å²) in [5.74, 6) is 0. The number of hydrogen-bond acceptors (Lipinski definition) is 2. The van der Waals surface area contributed by atoms with Gasteiger partial charge in [-0.2, -0.15) is 0 Å². The Morgan fingerprint density at radius 2 is 2.27 bits per heavy atom. The molecule has 2 aliphatic rings. The molecule has 0 spiro atoms. The number of allylic oxidation sites excluding steroid dienone is 2. The summed E-state index contributed by atoms with van der Waals surface area (Å²) < 4.78 is 0. The van der Waals surface area contributed by atoms with Crippen LogP contribution in [0, 0.1) is 0 Å². The van der Waals surface area contributed by atoms with E-state index in [9.17, 15) is 5.11 Å². The average molecular weight is 207 g/mol. The Balaban J connectivity index is 2.01. The highest BCUT2D eigenvalue weighted by Crippen LogP contribution is 2.27. The van der Waals surface area contributed by atoms with Crippen molar-refractivity contribution < 1.29 is 5.11 Å². The van der Waals surface area contributed by atoms with Crippen molar-refractivity contribution in [3.8, 4) is 0 Å². The molecule has 2 nitrogen and oxygen atoms in total. The van der Waals surface area contributed by atoms with Crippen LogP contribution in [0.2, 0.25) is 0 Å². The highest BCUT2D eigenvalue weighted by atomic mass is 16.3. The van der Waals surface area contributed by atoms with E-state index in [1.807, 2.05) is 0 Å². The van der Waals surface area contributed by atoms with Crippen LogP contribution in [0.3, 0.4) is 0 Å². The van der Waals surface area contributed by atoms with E-state index in [0.29, 0.717) is 6.04 Å². The van der Waals surface area contributed by atoms with Gasteiger partial charge in [-0.05, 0) is 32.1 Å². The summed E-state index contributed by atoms with van der Waals surface area (Å²) in [4.78, 5) is 0. The normalized spacial score (nSPS) is 39.9. The lowest BCUT2D eigenvalue weighted by Gasteiger charge is -2.35. The van der Waals surface area contributed by atoms with Gasteiger partial charge in [0.15, 0.2) is 0 Å². The highest BCUT2D eigenvalue weighted by molar-refractivity contribution is 5.21. The van der Waals surface area contributed by atoms with E-state index in [-0.39, 0.29) is 11.6 Å². The lowest BCUT2D eigenvalue weighted by molar-refractivity contribution is 0.133. The van der Waals surface area contributed by atoms with Gasteiger partial charge in [0.2, 0.25) is 0 Å². The Morgan fingerprint density at radius 1 is 1.40 bits per heavy atom. The Morgan fingerprint density at radius 3 is 2.80 bits per heavy atom. The molecule has 2 unspecified atom stereocenters. The monoisotopic (exact) mass is 207 g/mol. The predicted octanol–water partition coefficient (Wildman–Crippen LogP) is 2.15. The summed E-state index contributed by atoms with van der Waals surface area (Å²) >= 11 is 0. The molecule has 2 aliphatic carbocycles. The standard InChI is InChI=1S/C13H21NO/c1-2-13(9-4-3-5-10-13)14-11-7-6-8-12(11)15/h3-5,9,11-12,14-15H,2,6-8,10H2,1H3/t11?,12-,13?/m0/s1. The van der Waals surface area contributed by atoms with Crippen LogP contribution >= 0.6 is 0 Å². The Labute approximate surface area is 92.1 Å². The van der Waals surface area contributed by atoms with Crippen molar-refractivity contribution in [2.75, 3.05) is 0 Å². The Bertz CT molecular complexity index is 272. The summed E-state index contributed by atoms with van der Waals surface area (Å²) in [6.45, 7) is 2.21. The van der Waals surface area contributed by atoms with Gasteiger partial charge in [0.05, 0.1) is 6.10 Å². The summed E-state index contributed by atoms with van der Waals surface area (Å²) in [5, 5.41) is 13.5. The molecule has 0 aromatic heterocycles. The van der Waals surface area contributed by atoms with Crippen molar-refractivity contribution >= 4 is 0 Å². The smallest absolute Gasteiger partial charge is 0.0693 e. The van der Waals surface area contributed by atoms with Gasteiger partial charge in [-0.25, -0.2) is 0 Å². The fourth-order valence-electron chi connectivity index (χ4n) is 2.61. The molecule has 3 atom stereocenters. The minimum absolute atomic E-state index is 0.0880. The number of rotatable bonds is 3. The largest absolute Gasteiger partial charge is 0.392 e. The van der Waals surface area contributed by atoms with Crippen LogP contribution in [-0.4, -0.2) is 22.8 Å². The zero-order valence-corrected chi connectivity index (χ0v) is 9.45. The molecule has 0 amide bonds. The SMILES string of the molecule is CCC1(NC2CCC[C@@H]2O)C=CC=CC1. The van der Waals surface area contributed by atoms with E-state index in [2.05, 4.69) is 36.5 Å². The molecule has 0 aliphatic heterocycles. The molecule has 2 rings (SSSR count). The van der Waals surface area contributed by atoms with Gasteiger partial charge in [-0.15, -0.1) is 0 Å². The van der Waals surface area contributed by atoms with Crippen LogP contribution in [0.15, 0.2) is 24.3 Å².